The largest absolute Gasteiger partial charge is 0.439 e. The lowest BCUT2D eigenvalue weighted by Crippen LogP contribution is -2.05. The van der Waals surface area contributed by atoms with E-state index in [4.69, 9.17) is 4.74 Å². The van der Waals surface area contributed by atoms with Crippen LogP contribution in [0.25, 0.3) is 11.4 Å². The van der Waals surface area contributed by atoms with Crippen LogP contribution in [0, 0.1) is 6.92 Å². The van der Waals surface area contributed by atoms with Gasteiger partial charge in [0.25, 0.3) is 0 Å². The third kappa shape index (κ3) is 3.62. The zero-order chi connectivity index (χ0) is 17.2. The van der Waals surface area contributed by atoms with Crippen LogP contribution in [0.4, 0.5) is 13.2 Å². The molecule has 3 rings (SSSR count). The molecule has 0 fully saturated rings. The number of benzene rings is 1. The molecule has 2 aromatic heterocycles. The molecule has 0 aliphatic rings. The van der Waals surface area contributed by atoms with Gasteiger partial charge in [-0.2, -0.15) is 13.2 Å². The van der Waals surface area contributed by atoms with Crippen molar-refractivity contribution in [1.82, 2.24) is 25.4 Å². The Kier molecular flexibility index (Phi) is 4.07. The average Bonchev–Trinajstić information content (AvgIpc) is 2.55. The predicted molar refractivity (Wildman–Crippen MR) is 77.1 cm³/mol. The van der Waals surface area contributed by atoms with E-state index in [1.165, 1.54) is 0 Å². The fourth-order valence-electron chi connectivity index (χ4n) is 1.82. The summed E-state index contributed by atoms with van der Waals surface area (Å²) >= 11 is 0. The van der Waals surface area contributed by atoms with Gasteiger partial charge in [0.1, 0.15) is 5.75 Å². The Hall–Kier alpha value is -3.10. The summed E-state index contributed by atoms with van der Waals surface area (Å²) in [7, 11) is 0. The summed E-state index contributed by atoms with van der Waals surface area (Å²) in [4.78, 5) is 3.66. The van der Waals surface area contributed by atoms with E-state index in [1.807, 2.05) is 0 Å². The van der Waals surface area contributed by atoms with Crippen LogP contribution in [0.15, 0.2) is 42.6 Å². The molecule has 24 heavy (non-hydrogen) atoms. The Balaban J connectivity index is 1.81. The number of ether oxygens (including phenoxy) is 1. The summed E-state index contributed by atoms with van der Waals surface area (Å²) in [5, 5.41) is 15.5. The average molecular weight is 333 g/mol. The summed E-state index contributed by atoms with van der Waals surface area (Å²) in [6, 6.07) is 8.74. The van der Waals surface area contributed by atoms with Crippen molar-refractivity contribution in [3.8, 4) is 23.0 Å². The minimum atomic E-state index is -4.44. The smallest absolute Gasteiger partial charge is 0.417 e. The number of hydrogen-bond acceptors (Lipinski definition) is 6. The molecule has 0 spiro atoms. The molecule has 0 saturated heterocycles. The van der Waals surface area contributed by atoms with Gasteiger partial charge in [-0.3, -0.25) is 0 Å². The van der Waals surface area contributed by atoms with Crippen molar-refractivity contribution in [2.45, 2.75) is 13.1 Å². The predicted octanol–water partition coefficient (Wildman–Crippen LogP) is 3.45. The van der Waals surface area contributed by atoms with Gasteiger partial charge in [-0.05, 0) is 25.1 Å². The number of alkyl halides is 3. The van der Waals surface area contributed by atoms with Gasteiger partial charge in [0.05, 0.1) is 5.56 Å². The zero-order valence-corrected chi connectivity index (χ0v) is 12.3. The van der Waals surface area contributed by atoms with E-state index in [0.717, 1.165) is 18.3 Å². The van der Waals surface area contributed by atoms with Gasteiger partial charge in [0.2, 0.25) is 11.7 Å². The minimum Gasteiger partial charge on any atom is -0.439 e. The fraction of sp³-hybridized carbons (Fsp3) is 0.133. The van der Waals surface area contributed by atoms with Gasteiger partial charge < -0.3 is 4.74 Å². The molecule has 0 aliphatic carbocycles. The van der Waals surface area contributed by atoms with Crippen molar-refractivity contribution in [3.05, 3.63) is 54.0 Å². The van der Waals surface area contributed by atoms with Crippen LogP contribution in [-0.2, 0) is 6.18 Å². The summed E-state index contributed by atoms with van der Waals surface area (Å²) in [5.41, 5.74) is -0.229. The molecule has 0 N–H and O–H groups in total. The maximum Gasteiger partial charge on any atom is 0.417 e. The highest BCUT2D eigenvalue weighted by Gasteiger charge is 2.30. The Morgan fingerprint density at radius 2 is 1.71 bits per heavy atom. The first-order chi connectivity index (χ1) is 11.4. The molecule has 0 unspecified atom stereocenters. The fourth-order valence-corrected chi connectivity index (χ4v) is 1.82. The van der Waals surface area contributed by atoms with E-state index in [2.05, 4.69) is 25.4 Å². The van der Waals surface area contributed by atoms with E-state index in [1.54, 1.807) is 31.2 Å². The van der Waals surface area contributed by atoms with Crippen LogP contribution in [0.3, 0.4) is 0 Å². The second-order valence-corrected chi connectivity index (χ2v) is 4.78. The van der Waals surface area contributed by atoms with Crippen LogP contribution >= 0.6 is 0 Å². The maximum absolute atomic E-state index is 12.5. The van der Waals surface area contributed by atoms with Crippen molar-refractivity contribution in [1.29, 1.82) is 0 Å². The molecule has 6 nitrogen and oxygen atoms in total. The lowest BCUT2D eigenvalue weighted by atomic mass is 10.2. The van der Waals surface area contributed by atoms with Gasteiger partial charge in [0, 0.05) is 17.8 Å². The third-order valence-corrected chi connectivity index (χ3v) is 2.96. The van der Waals surface area contributed by atoms with Crippen LogP contribution in [0.2, 0.25) is 0 Å². The standard InChI is InChI=1S/C15H10F3N5O/c1-9-20-22-14(23-21-9)10-3-2-4-12(7-10)24-13-6-5-11(8-19-13)15(16,17)18/h2-8H,1H3. The summed E-state index contributed by atoms with van der Waals surface area (Å²) in [6.07, 6.45) is -3.72. The molecule has 0 atom stereocenters. The monoisotopic (exact) mass is 333 g/mol. The third-order valence-electron chi connectivity index (χ3n) is 2.96. The van der Waals surface area contributed by atoms with E-state index < -0.39 is 11.7 Å². The SMILES string of the molecule is Cc1nnc(-c2cccc(Oc3ccc(C(F)(F)F)cn3)c2)nn1. The first-order valence-electron chi connectivity index (χ1n) is 6.77. The van der Waals surface area contributed by atoms with Crippen LogP contribution in [-0.4, -0.2) is 25.4 Å². The summed E-state index contributed by atoms with van der Waals surface area (Å²) in [5.74, 6) is 1.18. The number of halogens is 3. The number of aryl methyl sites for hydroxylation is 1. The topological polar surface area (TPSA) is 73.7 Å². The highest BCUT2D eigenvalue weighted by Crippen LogP contribution is 2.30. The van der Waals surface area contributed by atoms with Crippen LogP contribution in [0.5, 0.6) is 11.6 Å². The molecular formula is C15H10F3N5O. The molecule has 0 amide bonds. The zero-order valence-electron chi connectivity index (χ0n) is 12.3. The molecule has 1 aromatic carbocycles. The van der Waals surface area contributed by atoms with E-state index in [-0.39, 0.29) is 5.88 Å². The van der Waals surface area contributed by atoms with Gasteiger partial charge in [-0.1, -0.05) is 12.1 Å². The van der Waals surface area contributed by atoms with E-state index in [9.17, 15) is 13.2 Å². The van der Waals surface area contributed by atoms with Gasteiger partial charge in [-0.25, -0.2) is 4.98 Å². The molecule has 3 aromatic rings. The van der Waals surface area contributed by atoms with Gasteiger partial charge >= 0.3 is 6.18 Å². The second-order valence-electron chi connectivity index (χ2n) is 4.78. The van der Waals surface area contributed by atoms with Crippen molar-refractivity contribution >= 4 is 0 Å². The number of hydrogen-bond donors (Lipinski definition) is 0. The maximum atomic E-state index is 12.5. The molecule has 9 heteroatoms. The molecule has 0 saturated carbocycles. The van der Waals surface area contributed by atoms with Crippen LogP contribution in [0.1, 0.15) is 11.4 Å². The Morgan fingerprint density at radius 1 is 0.958 bits per heavy atom. The number of nitrogens with zero attached hydrogens (tertiary/aromatic N) is 5. The Labute approximate surface area is 134 Å². The first kappa shape index (κ1) is 15.8. The van der Waals surface area contributed by atoms with E-state index in [0.29, 0.717) is 23.0 Å². The lowest BCUT2D eigenvalue weighted by molar-refractivity contribution is -0.137. The normalized spacial score (nSPS) is 11.3. The molecular weight excluding hydrogens is 323 g/mol. The van der Waals surface area contributed by atoms with Gasteiger partial charge in [0.15, 0.2) is 5.82 Å². The number of aromatic nitrogens is 5. The number of rotatable bonds is 3. The van der Waals surface area contributed by atoms with Crippen molar-refractivity contribution < 1.29 is 17.9 Å². The van der Waals surface area contributed by atoms with Crippen molar-refractivity contribution in [2.75, 3.05) is 0 Å². The Bertz CT molecular complexity index is 835. The molecule has 2 heterocycles. The van der Waals surface area contributed by atoms with Gasteiger partial charge in [-0.15, -0.1) is 20.4 Å². The van der Waals surface area contributed by atoms with Crippen molar-refractivity contribution in [2.24, 2.45) is 0 Å². The van der Waals surface area contributed by atoms with Crippen LogP contribution < -0.4 is 4.74 Å². The van der Waals surface area contributed by atoms with Crippen molar-refractivity contribution in [3.63, 3.8) is 0 Å². The highest BCUT2D eigenvalue weighted by atomic mass is 19.4. The minimum absolute atomic E-state index is 0.0428. The number of pyridine rings is 1. The second kappa shape index (κ2) is 6.19. The highest BCUT2D eigenvalue weighted by molar-refractivity contribution is 5.56. The lowest BCUT2D eigenvalue weighted by Gasteiger charge is -2.08. The first-order valence-corrected chi connectivity index (χ1v) is 6.77. The molecule has 0 radical (unpaired) electrons. The molecule has 0 bridgehead atoms. The molecule has 0 aliphatic heterocycles. The summed E-state index contributed by atoms with van der Waals surface area (Å²) < 4.78 is 43.0. The summed E-state index contributed by atoms with van der Waals surface area (Å²) in [6.45, 7) is 1.67. The Morgan fingerprint density at radius 3 is 2.33 bits per heavy atom. The quantitative estimate of drug-likeness (QED) is 0.731. The molecule has 122 valence electrons. The van der Waals surface area contributed by atoms with E-state index >= 15 is 0 Å².